The molecule has 3 rings (SSSR count). The molecule has 1 aliphatic rings. The molecule has 0 bridgehead atoms. The second-order valence-corrected chi connectivity index (χ2v) is 6.91. The topological polar surface area (TPSA) is 93.9 Å². The van der Waals surface area contributed by atoms with Crippen LogP contribution in [-0.2, 0) is 4.74 Å². The number of amides is 1. The van der Waals surface area contributed by atoms with E-state index < -0.39 is 4.92 Å². The van der Waals surface area contributed by atoms with Gasteiger partial charge in [-0.2, -0.15) is 0 Å². The molecule has 1 N–H and O–H groups in total. The number of rotatable bonds is 7. The molecule has 0 aromatic heterocycles. The fourth-order valence-electron chi connectivity index (χ4n) is 3.47. The molecule has 0 radical (unpaired) electrons. The lowest BCUT2D eigenvalue weighted by Gasteiger charge is -2.35. The van der Waals surface area contributed by atoms with E-state index in [4.69, 9.17) is 9.47 Å². The van der Waals surface area contributed by atoms with Crippen molar-refractivity contribution in [3.8, 4) is 5.75 Å². The minimum Gasteiger partial charge on any atom is -0.497 e. The van der Waals surface area contributed by atoms with Crippen molar-refractivity contribution in [3.63, 3.8) is 0 Å². The SMILES string of the molecule is COc1ccc([C@H](CNC(=O)c2ccc([N+](=O)[O-])c(C)c2)N2CCOCC2)cc1. The molecule has 1 amide bonds. The van der Waals surface area contributed by atoms with Gasteiger partial charge in [-0.05, 0) is 36.8 Å². The number of hydrogen-bond acceptors (Lipinski definition) is 6. The summed E-state index contributed by atoms with van der Waals surface area (Å²) in [6.07, 6.45) is 0. The van der Waals surface area contributed by atoms with Crippen LogP contribution in [0.5, 0.6) is 5.75 Å². The number of benzene rings is 2. The van der Waals surface area contributed by atoms with Gasteiger partial charge >= 0.3 is 0 Å². The number of aryl methyl sites for hydroxylation is 1. The van der Waals surface area contributed by atoms with E-state index in [9.17, 15) is 14.9 Å². The van der Waals surface area contributed by atoms with Crippen LogP contribution in [0.4, 0.5) is 5.69 Å². The van der Waals surface area contributed by atoms with E-state index in [1.165, 1.54) is 12.1 Å². The van der Waals surface area contributed by atoms with Gasteiger partial charge in [0, 0.05) is 36.8 Å². The first-order valence-electron chi connectivity index (χ1n) is 9.48. The number of hydrogen-bond donors (Lipinski definition) is 1. The van der Waals surface area contributed by atoms with Crippen LogP contribution >= 0.6 is 0 Å². The summed E-state index contributed by atoms with van der Waals surface area (Å²) in [5.41, 5.74) is 1.95. The van der Waals surface area contributed by atoms with Crippen LogP contribution in [0.2, 0.25) is 0 Å². The first kappa shape index (κ1) is 20.8. The van der Waals surface area contributed by atoms with E-state index in [0.29, 0.717) is 30.9 Å². The quantitative estimate of drug-likeness (QED) is 0.568. The van der Waals surface area contributed by atoms with Gasteiger partial charge in [0.05, 0.1) is 31.3 Å². The van der Waals surface area contributed by atoms with Gasteiger partial charge in [-0.15, -0.1) is 0 Å². The maximum atomic E-state index is 12.7. The maximum absolute atomic E-state index is 12.7. The number of carbonyl (C=O) groups excluding carboxylic acids is 1. The van der Waals surface area contributed by atoms with Gasteiger partial charge in [0.1, 0.15) is 5.75 Å². The number of carbonyl (C=O) groups is 1. The number of nitrogens with one attached hydrogen (secondary N) is 1. The summed E-state index contributed by atoms with van der Waals surface area (Å²) in [5.74, 6) is 0.523. The number of nitro groups is 1. The first-order chi connectivity index (χ1) is 14.0. The van der Waals surface area contributed by atoms with Gasteiger partial charge in [0.15, 0.2) is 0 Å². The fraction of sp³-hybridized carbons (Fsp3) is 0.381. The lowest BCUT2D eigenvalue weighted by Crippen LogP contribution is -2.43. The molecule has 1 atom stereocenters. The average molecular weight is 399 g/mol. The zero-order valence-corrected chi connectivity index (χ0v) is 16.6. The van der Waals surface area contributed by atoms with Gasteiger partial charge in [-0.3, -0.25) is 19.8 Å². The van der Waals surface area contributed by atoms with Crippen molar-refractivity contribution < 1.29 is 19.2 Å². The third-order valence-electron chi connectivity index (χ3n) is 5.10. The summed E-state index contributed by atoms with van der Waals surface area (Å²) in [6.45, 7) is 4.92. The van der Waals surface area contributed by atoms with Gasteiger partial charge in [-0.1, -0.05) is 12.1 Å². The van der Waals surface area contributed by atoms with E-state index in [1.807, 2.05) is 24.3 Å². The number of nitro benzene ring substituents is 1. The molecule has 1 saturated heterocycles. The van der Waals surface area contributed by atoms with Crippen LogP contribution in [0.25, 0.3) is 0 Å². The number of nitrogens with zero attached hydrogens (tertiary/aromatic N) is 2. The lowest BCUT2D eigenvalue weighted by molar-refractivity contribution is -0.385. The Balaban J connectivity index is 1.74. The Morgan fingerprint density at radius 3 is 2.52 bits per heavy atom. The van der Waals surface area contributed by atoms with Crippen molar-refractivity contribution in [2.24, 2.45) is 0 Å². The second kappa shape index (κ2) is 9.49. The summed E-state index contributed by atoms with van der Waals surface area (Å²) < 4.78 is 10.7. The summed E-state index contributed by atoms with van der Waals surface area (Å²) in [5, 5.41) is 14.0. The van der Waals surface area contributed by atoms with E-state index in [1.54, 1.807) is 20.1 Å². The summed E-state index contributed by atoms with van der Waals surface area (Å²) in [4.78, 5) is 25.5. The molecular weight excluding hydrogens is 374 g/mol. The predicted molar refractivity (Wildman–Crippen MR) is 108 cm³/mol. The van der Waals surface area contributed by atoms with Gasteiger partial charge in [0.2, 0.25) is 0 Å². The zero-order valence-electron chi connectivity index (χ0n) is 16.6. The fourth-order valence-corrected chi connectivity index (χ4v) is 3.47. The second-order valence-electron chi connectivity index (χ2n) is 6.91. The average Bonchev–Trinajstić information content (AvgIpc) is 2.74. The van der Waals surface area contributed by atoms with Crippen molar-refractivity contribution >= 4 is 11.6 Å². The molecule has 29 heavy (non-hydrogen) atoms. The number of morpholine rings is 1. The number of methoxy groups -OCH3 is 1. The highest BCUT2D eigenvalue weighted by molar-refractivity contribution is 5.94. The van der Waals surface area contributed by atoms with Gasteiger partial charge in [-0.25, -0.2) is 0 Å². The van der Waals surface area contributed by atoms with Crippen molar-refractivity contribution in [1.82, 2.24) is 10.2 Å². The summed E-state index contributed by atoms with van der Waals surface area (Å²) >= 11 is 0. The molecule has 2 aromatic rings. The highest BCUT2D eigenvalue weighted by Crippen LogP contribution is 2.24. The summed E-state index contributed by atoms with van der Waals surface area (Å²) in [6, 6.07) is 12.2. The smallest absolute Gasteiger partial charge is 0.272 e. The Labute approximate surface area is 169 Å². The molecule has 0 aliphatic carbocycles. The first-order valence-corrected chi connectivity index (χ1v) is 9.48. The molecule has 2 aromatic carbocycles. The van der Waals surface area contributed by atoms with Crippen LogP contribution in [-0.4, -0.2) is 55.7 Å². The monoisotopic (exact) mass is 399 g/mol. The Hall–Kier alpha value is -2.97. The van der Waals surface area contributed by atoms with Gasteiger partial charge in [0.25, 0.3) is 11.6 Å². The highest BCUT2D eigenvalue weighted by atomic mass is 16.6. The molecule has 8 nitrogen and oxygen atoms in total. The minimum absolute atomic E-state index is 0.00553. The Morgan fingerprint density at radius 2 is 1.93 bits per heavy atom. The summed E-state index contributed by atoms with van der Waals surface area (Å²) in [7, 11) is 1.63. The molecular formula is C21H25N3O5. The van der Waals surface area contributed by atoms with Crippen LogP contribution < -0.4 is 10.1 Å². The molecule has 0 saturated carbocycles. The van der Waals surface area contributed by atoms with Crippen molar-refractivity contribution in [3.05, 3.63) is 69.3 Å². The normalized spacial score (nSPS) is 15.5. The molecule has 8 heteroatoms. The van der Waals surface area contributed by atoms with E-state index >= 15 is 0 Å². The lowest BCUT2D eigenvalue weighted by atomic mass is 10.0. The van der Waals surface area contributed by atoms with Crippen LogP contribution in [0.1, 0.15) is 27.5 Å². The van der Waals surface area contributed by atoms with E-state index in [-0.39, 0.29) is 17.6 Å². The maximum Gasteiger partial charge on any atom is 0.272 e. The Bertz CT molecular complexity index is 863. The Kier molecular flexibility index (Phi) is 6.79. The molecule has 0 spiro atoms. The highest BCUT2D eigenvalue weighted by Gasteiger charge is 2.24. The molecule has 1 fully saturated rings. The van der Waals surface area contributed by atoms with Crippen LogP contribution in [0, 0.1) is 17.0 Å². The van der Waals surface area contributed by atoms with Crippen molar-refractivity contribution in [2.75, 3.05) is 40.0 Å². The largest absolute Gasteiger partial charge is 0.497 e. The molecule has 1 aliphatic heterocycles. The number of ether oxygens (including phenoxy) is 2. The zero-order chi connectivity index (χ0) is 20.8. The third-order valence-corrected chi connectivity index (χ3v) is 5.10. The van der Waals surface area contributed by atoms with Crippen LogP contribution in [0.15, 0.2) is 42.5 Å². The van der Waals surface area contributed by atoms with Crippen LogP contribution in [0.3, 0.4) is 0 Å². The molecule has 154 valence electrons. The van der Waals surface area contributed by atoms with Crippen molar-refractivity contribution in [1.29, 1.82) is 0 Å². The molecule has 1 heterocycles. The third kappa shape index (κ3) is 5.10. The van der Waals surface area contributed by atoms with Gasteiger partial charge < -0.3 is 14.8 Å². The minimum atomic E-state index is -0.449. The van der Waals surface area contributed by atoms with E-state index in [0.717, 1.165) is 24.4 Å². The standard InChI is InChI=1S/C21H25N3O5/c1-15-13-17(5-8-19(15)24(26)27)21(25)22-14-20(23-9-11-29-12-10-23)16-3-6-18(28-2)7-4-16/h3-8,13,20H,9-12,14H2,1-2H3,(H,22,25)/t20-/m0/s1. The molecule has 0 unspecified atom stereocenters. The van der Waals surface area contributed by atoms with Crippen molar-refractivity contribution in [2.45, 2.75) is 13.0 Å². The Morgan fingerprint density at radius 1 is 1.24 bits per heavy atom. The van der Waals surface area contributed by atoms with E-state index in [2.05, 4.69) is 10.2 Å². The predicted octanol–water partition coefficient (Wildman–Crippen LogP) is 2.72.